The summed E-state index contributed by atoms with van der Waals surface area (Å²) in [6.45, 7) is 7.84. The van der Waals surface area contributed by atoms with Gasteiger partial charge < -0.3 is 5.73 Å². The molecule has 0 spiro atoms. The van der Waals surface area contributed by atoms with E-state index in [2.05, 4.69) is 44.2 Å². The minimum atomic E-state index is 0.186. The molecule has 1 saturated carbocycles. The minimum Gasteiger partial charge on any atom is -0.326 e. The predicted molar refractivity (Wildman–Crippen MR) is 75.3 cm³/mol. The second kappa shape index (κ2) is 5.09. The zero-order valence-electron chi connectivity index (χ0n) is 11.3. The van der Waals surface area contributed by atoms with Crippen molar-refractivity contribution in [3.8, 4) is 0 Å². The van der Waals surface area contributed by atoms with E-state index in [1.807, 2.05) is 11.3 Å². The van der Waals surface area contributed by atoms with E-state index in [1.54, 1.807) is 0 Å². The highest BCUT2D eigenvalue weighted by molar-refractivity contribution is 7.10. The minimum absolute atomic E-state index is 0.186. The van der Waals surface area contributed by atoms with Crippen LogP contribution in [-0.4, -0.2) is 24.5 Å². The van der Waals surface area contributed by atoms with Crippen molar-refractivity contribution in [2.45, 2.75) is 39.3 Å². The number of nitrogens with zero attached hydrogens (tertiary/aromatic N) is 1. The molecule has 1 aromatic heterocycles. The van der Waals surface area contributed by atoms with Gasteiger partial charge in [-0.2, -0.15) is 0 Å². The SMILES string of the molecule is Cc1ccsc1C(C(C)N)N(C)CC1CC1C. The zero-order valence-corrected chi connectivity index (χ0v) is 12.1. The largest absolute Gasteiger partial charge is 0.326 e. The topological polar surface area (TPSA) is 29.3 Å². The molecule has 0 aliphatic heterocycles. The molecule has 0 bridgehead atoms. The highest BCUT2D eigenvalue weighted by atomic mass is 32.1. The normalized spacial score (nSPS) is 27.2. The molecular formula is C14H24N2S. The van der Waals surface area contributed by atoms with Crippen LogP contribution in [0.1, 0.15) is 36.8 Å². The van der Waals surface area contributed by atoms with Crippen molar-refractivity contribution in [3.05, 3.63) is 21.9 Å². The van der Waals surface area contributed by atoms with Crippen molar-refractivity contribution < 1.29 is 0 Å². The van der Waals surface area contributed by atoms with Crippen LogP contribution in [0.5, 0.6) is 0 Å². The quantitative estimate of drug-likeness (QED) is 0.873. The molecule has 1 aliphatic rings. The molecule has 1 aromatic rings. The van der Waals surface area contributed by atoms with Crippen LogP contribution in [0.2, 0.25) is 0 Å². The third kappa shape index (κ3) is 2.90. The maximum Gasteiger partial charge on any atom is 0.0591 e. The number of aryl methyl sites for hydroxylation is 1. The number of thiophene rings is 1. The molecule has 1 fully saturated rings. The summed E-state index contributed by atoms with van der Waals surface area (Å²) in [6.07, 6.45) is 1.39. The molecule has 1 aliphatic carbocycles. The first-order valence-corrected chi connectivity index (χ1v) is 7.38. The fourth-order valence-electron chi connectivity index (χ4n) is 2.66. The smallest absolute Gasteiger partial charge is 0.0591 e. The average molecular weight is 252 g/mol. The molecule has 4 unspecified atom stereocenters. The van der Waals surface area contributed by atoms with Crippen LogP contribution in [0.25, 0.3) is 0 Å². The van der Waals surface area contributed by atoms with Crippen LogP contribution in [0.3, 0.4) is 0 Å². The summed E-state index contributed by atoms with van der Waals surface area (Å²) in [5.74, 6) is 1.80. The van der Waals surface area contributed by atoms with Gasteiger partial charge in [-0.15, -0.1) is 11.3 Å². The lowest BCUT2D eigenvalue weighted by molar-refractivity contribution is 0.210. The van der Waals surface area contributed by atoms with Crippen molar-refractivity contribution in [3.63, 3.8) is 0 Å². The number of hydrogen-bond donors (Lipinski definition) is 1. The Balaban J connectivity index is 2.09. The highest BCUT2D eigenvalue weighted by Crippen LogP contribution is 2.40. The lowest BCUT2D eigenvalue weighted by Gasteiger charge is -2.31. The van der Waals surface area contributed by atoms with Crippen molar-refractivity contribution in [2.24, 2.45) is 17.6 Å². The zero-order chi connectivity index (χ0) is 12.6. The molecule has 96 valence electrons. The van der Waals surface area contributed by atoms with Crippen LogP contribution >= 0.6 is 11.3 Å². The Hall–Kier alpha value is -0.380. The van der Waals surface area contributed by atoms with Crippen molar-refractivity contribution in [1.82, 2.24) is 4.90 Å². The fourth-order valence-corrected chi connectivity index (χ4v) is 3.87. The molecule has 0 radical (unpaired) electrons. The predicted octanol–water partition coefficient (Wildman–Crippen LogP) is 3.03. The molecule has 0 amide bonds. The van der Waals surface area contributed by atoms with Gasteiger partial charge in [-0.25, -0.2) is 0 Å². The van der Waals surface area contributed by atoms with Crippen LogP contribution in [0.15, 0.2) is 11.4 Å². The molecule has 4 atom stereocenters. The summed E-state index contributed by atoms with van der Waals surface area (Å²) in [6, 6.07) is 2.76. The van der Waals surface area contributed by atoms with Crippen LogP contribution in [-0.2, 0) is 0 Å². The first-order chi connectivity index (χ1) is 8.00. The van der Waals surface area contributed by atoms with E-state index in [4.69, 9.17) is 5.73 Å². The Morgan fingerprint density at radius 2 is 2.24 bits per heavy atom. The summed E-state index contributed by atoms with van der Waals surface area (Å²) >= 11 is 1.84. The van der Waals surface area contributed by atoms with E-state index in [0.717, 1.165) is 11.8 Å². The third-order valence-corrected chi connectivity index (χ3v) is 5.03. The van der Waals surface area contributed by atoms with E-state index in [-0.39, 0.29) is 6.04 Å². The molecular weight excluding hydrogens is 228 g/mol. The Morgan fingerprint density at radius 3 is 2.65 bits per heavy atom. The van der Waals surface area contributed by atoms with Gasteiger partial charge in [-0.3, -0.25) is 4.90 Å². The van der Waals surface area contributed by atoms with E-state index in [1.165, 1.54) is 23.4 Å². The Kier molecular flexibility index (Phi) is 3.91. The average Bonchev–Trinajstić information content (AvgIpc) is 2.74. The standard InChI is InChI=1S/C14H24N2S/c1-9-5-6-17-14(9)13(11(3)15)16(4)8-12-7-10(12)2/h5-6,10-13H,7-8,15H2,1-4H3. The second-order valence-electron chi connectivity index (χ2n) is 5.68. The van der Waals surface area contributed by atoms with Crippen molar-refractivity contribution >= 4 is 11.3 Å². The van der Waals surface area contributed by atoms with Gasteiger partial charge in [0, 0.05) is 17.5 Å². The summed E-state index contributed by atoms with van der Waals surface area (Å²) < 4.78 is 0. The molecule has 17 heavy (non-hydrogen) atoms. The first-order valence-electron chi connectivity index (χ1n) is 6.50. The van der Waals surface area contributed by atoms with Crippen LogP contribution in [0.4, 0.5) is 0 Å². The maximum atomic E-state index is 6.19. The van der Waals surface area contributed by atoms with Crippen molar-refractivity contribution in [2.75, 3.05) is 13.6 Å². The second-order valence-corrected chi connectivity index (χ2v) is 6.63. The Labute approximate surface area is 109 Å². The summed E-state index contributed by atoms with van der Waals surface area (Å²) in [4.78, 5) is 3.90. The molecule has 0 saturated heterocycles. The Bertz CT molecular complexity index is 372. The number of likely N-dealkylation sites (N-methyl/N-ethyl adjacent to an activating group) is 1. The van der Waals surface area contributed by atoms with Gasteiger partial charge in [0.1, 0.15) is 0 Å². The van der Waals surface area contributed by atoms with E-state index in [0.29, 0.717) is 6.04 Å². The third-order valence-electron chi connectivity index (χ3n) is 3.94. The molecule has 1 heterocycles. The molecule has 2 N–H and O–H groups in total. The number of hydrogen-bond acceptors (Lipinski definition) is 3. The molecule has 2 nitrogen and oxygen atoms in total. The fraction of sp³-hybridized carbons (Fsp3) is 0.714. The molecule has 0 aromatic carbocycles. The number of nitrogens with two attached hydrogens (primary N) is 1. The monoisotopic (exact) mass is 252 g/mol. The van der Waals surface area contributed by atoms with Gasteiger partial charge >= 0.3 is 0 Å². The lowest BCUT2D eigenvalue weighted by Crippen LogP contribution is -2.38. The summed E-state index contributed by atoms with van der Waals surface area (Å²) in [5, 5.41) is 2.17. The summed E-state index contributed by atoms with van der Waals surface area (Å²) in [5.41, 5.74) is 7.58. The maximum absolute atomic E-state index is 6.19. The van der Waals surface area contributed by atoms with Gasteiger partial charge in [0.05, 0.1) is 6.04 Å². The van der Waals surface area contributed by atoms with E-state index >= 15 is 0 Å². The molecule has 2 rings (SSSR count). The van der Waals surface area contributed by atoms with Gasteiger partial charge in [-0.05, 0) is 56.2 Å². The van der Waals surface area contributed by atoms with Gasteiger partial charge in [0.15, 0.2) is 0 Å². The molecule has 3 heteroatoms. The van der Waals surface area contributed by atoms with Crippen molar-refractivity contribution in [1.29, 1.82) is 0 Å². The van der Waals surface area contributed by atoms with Crippen LogP contribution < -0.4 is 5.73 Å². The van der Waals surface area contributed by atoms with Gasteiger partial charge in [0.25, 0.3) is 0 Å². The first kappa shape index (κ1) is 13.1. The van der Waals surface area contributed by atoms with Gasteiger partial charge in [0.2, 0.25) is 0 Å². The summed E-state index contributed by atoms with van der Waals surface area (Å²) in [7, 11) is 2.22. The number of rotatable bonds is 5. The highest BCUT2D eigenvalue weighted by Gasteiger charge is 2.35. The van der Waals surface area contributed by atoms with E-state index in [9.17, 15) is 0 Å². The Morgan fingerprint density at radius 1 is 1.59 bits per heavy atom. The van der Waals surface area contributed by atoms with E-state index < -0.39 is 0 Å². The van der Waals surface area contributed by atoms with Gasteiger partial charge in [-0.1, -0.05) is 6.92 Å². The lowest BCUT2D eigenvalue weighted by atomic mass is 10.0. The van der Waals surface area contributed by atoms with Crippen LogP contribution in [0, 0.1) is 18.8 Å².